The minimum absolute atomic E-state index is 0.0388. The van der Waals surface area contributed by atoms with Crippen LogP contribution in [0.25, 0.3) is 22.2 Å². The van der Waals surface area contributed by atoms with Crippen molar-refractivity contribution in [3.63, 3.8) is 0 Å². The normalized spacial score (nSPS) is 17.6. The number of aromatic nitrogens is 2. The quantitative estimate of drug-likeness (QED) is 0.663. The highest BCUT2D eigenvalue weighted by Crippen LogP contribution is 2.34. The summed E-state index contributed by atoms with van der Waals surface area (Å²) in [5, 5.41) is 5.61. The van der Waals surface area contributed by atoms with Gasteiger partial charge in [-0.2, -0.15) is 18.3 Å². The summed E-state index contributed by atoms with van der Waals surface area (Å²) in [6.07, 6.45) is -3.56. The van der Waals surface area contributed by atoms with E-state index in [9.17, 15) is 18.0 Å². The number of carbonyl (C=O) groups excluding carboxylic acids is 1. The molecule has 1 atom stereocenters. The number of likely N-dealkylation sites (tertiary alicyclic amines) is 1. The Morgan fingerprint density at radius 2 is 1.81 bits per heavy atom. The molecule has 4 rings (SSSR count). The maximum atomic E-state index is 12.8. The summed E-state index contributed by atoms with van der Waals surface area (Å²) in [5.41, 5.74) is 1.53. The zero-order chi connectivity index (χ0) is 19.2. The largest absolute Gasteiger partial charge is 0.416 e. The Balaban J connectivity index is 1.76. The Hall–Kier alpha value is -2.83. The van der Waals surface area contributed by atoms with Crippen molar-refractivity contribution in [3.8, 4) is 11.3 Å². The molecule has 0 N–H and O–H groups in total. The molecule has 0 spiro atoms. The molecule has 1 aromatic heterocycles. The number of fused-ring (bicyclic) bond motifs is 1. The van der Waals surface area contributed by atoms with E-state index in [0.29, 0.717) is 24.3 Å². The first-order valence-corrected chi connectivity index (χ1v) is 8.75. The van der Waals surface area contributed by atoms with E-state index in [0.717, 1.165) is 29.5 Å². The monoisotopic (exact) mass is 373 g/mol. The highest BCUT2D eigenvalue weighted by Gasteiger charge is 2.31. The predicted molar refractivity (Wildman–Crippen MR) is 96.1 cm³/mol. The van der Waals surface area contributed by atoms with Crippen molar-refractivity contribution in [1.29, 1.82) is 0 Å². The molecule has 3 aromatic rings. The second kappa shape index (κ2) is 6.40. The van der Waals surface area contributed by atoms with Crippen molar-refractivity contribution in [2.24, 2.45) is 0 Å². The maximum absolute atomic E-state index is 12.8. The molecular weight excluding hydrogens is 355 g/mol. The number of alkyl halides is 3. The van der Waals surface area contributed by atoms with Crippen molar-refractivity contribution >= 4 is 16.8 Å². The summed E-state index contributed by atoms with van der Waals surface area (Å²) in [4.78, 5) is 13.4. The summed E-state index contributed by atoms with van der Waals surface area (Å²) in [7, 11) is 0. The average molecular weight is 373 g/mol. The Morgan fingerprint density at radius 1 is 1.11 bits per heavy atom. The number of rotatable bonds is 2. The van der Waals surface area contributed by atoms with Crippen LogP contribution in [-0.4, -0.2) is 33.7 Å². The summed E-state index contributed by atoms with van der Waals surface area (Å²) in [6, 6.07) is 12.8. The highest BCUT2D eigenvalue weighted by atomic mass is 19.4. The van der Waals surface area contributed by atoms with E-state index in [1.165, 1.54) is 12.1 Å². The van der Waals surface area contributed by atoms with Crippen molar-refractivity contribution in [2.75, 3.05) is 13.1 Å². The van der Waals surface area contributed by atoms with Crippen LogP contribution in [0.4, 0.5) is 13.2 Å². The van der Waals surface area contributed by atoms with Gasteiger partial charge >= 0.3 is 6.18 Å². The average Bonchev–Trinajstić information content (AvgIpc) is 3.26. The minimum Gasteiger partial charge on any atom is -0.341 e. The van der Waals surface area contributed by atoms with Crippen LogP contribution in [0.1, 0.15) is 24.9 Å². The van der Waals surface area contributed by atoms with Gasteiger partial charge in [-0.3, -0.25) is 9.48 Å². The number of amides is 1. The van der Waals surface area contributed by atoms with Crippen LogP contribution in [0.3, 0.4) is 0 Å². The number of benzene rings is 2. The lowest BCUT2D eigenvalue weighted by Crippen LogP contribution is -2.26. The second-order valence-electron chi connectivity index (χ2n) is 6.79. The molecule has 2 aromatic carbocycles. The van der Waals surface area contributed by atoms with E-state index < -0.39 is 11.7 Å². The third kappa shape index (κ3) is 3.18. The molecule has 27 heavy (non-hydrogen) atoms. The fourth-order valence-corrected chi connectivity index (χ4v) is 3.63. The highest BCUT2D eigenvalue weighted by molar-refractivity contribution is 5.93. The Labute approximate surface area is 154 Å². The van der Waals surface area contributed by atoms with Crippen LogP contribution in [0.5, 0.6) is 0 Å². The molecule has 140 valence electrons. The zero-order valence-corrected chi connectivity index (χ0v) is 14.7. The standard InChI is InChI=1S/C20H18F3N3O/c1-13(27)25-11-10-16(12-25)26-18-5-3-2-4-17(18)19(24-26)14-6-8-15(9-7-14)20(21,22)23/h2-9,16H,10-12H2,1H3. The Bertz CT molecular complexity index is 992. The Morgan fingerprint density at radius 3 is 2.44 bits per heavy atom. The number of hydrogen-bond acceptors (Lipinski definition) is 2. The lowest BCUT2D eigenvalue weighted by Gasteiger charge is -2.15. The van der Waals surface area contributed by atoms with Gasteiger partial charge in [-0.1, -0.05) is 30.3 Å². The fourth-order valence-electron chi connectivity index (χ4n) is 3.63. The van der Waals surface area contributed by atoms with Crippen LogP contribution in [0.15, 0.2) is 48.5 Å². The SMILES string of the molecule is CC(=O)N1CCC(n2nc(-c3ccc(C(F)(F)F)cc3)c3ccccc32)C1. The first-order valence-electron chi connectivity index (χ1n) is 8.75. The van der Waals surface area contributed by atoms with Gasteiger partial charge in [0, 0.05) is 31.0 Å². The molecule has 1 aliphatic heterocycles. The topological polar surface area (TPSA) is 38.1 Å². The number of hydrogen-bond donors (Lipinski definition) is 0. The van der Waals surface area contributed by atoms with Gasteiger partial charge in [0.15, 0.2) is 0 Å². The summed E-state index contributed by atoms with van der Waals surface area (Å²) in [6.45, 7) is 2.83. The molecule has 0 bridgehead atoms. The van der Waals surface area contributed by atoms with Crippen LogP contribution in [0.2, 0.25) is 0 Å². The van der Waals surface area contributed by atoms with Crippen LogP contribution in [0, 0.1) is 0 Å². The molecule has 1 amide bonds. The number of carbonyl (C=O) groups is 1. The van der Waals surface area contributed by atoms with Gasteiger partial charge < -0.3 is 4.90 Å². The zero-order valence-electron chi connectivity index (χ0n) is 14.7. The van der Waals surface area contributed by atoms with Crippen molar-refractivity contribution in [3.05, 3.63) is 54.1 Å². The van der Waals surface area contributed by atoms with Gasteiger partial charge in [-0.05, 0) is 24.6 Å². The van der Waals surface area contributed by atoms with E-state index in [1.54, 1.807) is 11.8 Å². The summed E-state index contributed by atoms with van der Waals surface area (Å²) in [5.74, 6) is 0.0388. The molecule has 1 aliphatic rings. The summed E-state index contributed by atoms with van der Waals surface area (Å²) < 4.78 is 40.4. The lowest BCUT2D eigenvalue weighted by molar-refractivity contribution is -0.137. The van der Waals surface area contributed by atoms with Crippen molar-refractivity contribution in [1.82, 2.24) is 14.7 Å². The third-order valence-electron chi connectivity index (χ3n) is 5.05. The van der Waals surface area contributed by atoms with Crippen molar-refractivity contribution < 1.29 is 18.0 Å². The van der Waals surface area contributed by atoms with E-state index in [4.69, 9.17) is 5.10 Å². The van der Waals surface area contributed by atoms with Gasteiger partial charge in [0.25, 0.3) is 0 Å². The molecule has 7 heteroatoms. The predicted octanol–water partition coefficient (Wildman–Crippen LogP) is 4.52. The van der Waals surface area contributed by atoms with Gasteiger partial charge in [0.05, 0.1) is 17.1 Å². The molecule has 1 saturated heterocycles. The number of halogens is 3. The molecule has 0 aliphatic carbocycles. The van der Waals surface area contributed by atoms with Crippen LogP contribution >= 0.6 is 0 Å². The van der Waals surface area contributed by atoms with Gasteiger partial charge in [-0.25, -0.2) is 0 Å². The molecule has 1 unspecified atom stereocenters. The molecule has 0 radical (unpaired) electrons. The summed E-state index contributed by atoms with van der Waals surface area (Å²) >= 11 is 0. The third-order valence-corrected chi connectivity index (χ3v) is 5.05. The second-order valence-corrected chi connectivity index (χ2v) is 6.79. The smallest absolute Gasteiger partial charge is 0.341 e. The first kappa shape index (κ1) is 17.6. The molecule has 1 fully saturated rings. The fraction of sp³-hybridized carbons (Fsp3) is 0.300. The van der Waals surface area contributed by atoms with Crippen molar-refractivity contribution in [2.45, 2.75) is 25.6 Å². The van der Waals surface area contributed by atoms with Gasteiger partial charge in [-0.15, -0.1) is 0 Å². The van der Waals surface area contributed by atoms with Crippen LogP contribution in [-0.2, 0) is 11.0 Å². The molecule has 4 nitrogen and oxygen atoms in total. The van der Waals surface area contributed by atoms with E-state index >= 15 is 0 Å². The number of nitrogens with zero attached hydrogens (tertiary/aromatic N) is 3. The maximum Gasteiger partial charge on any atom is 0.416 e. The molecule has 0 saturated carbocycles. The van der Waals surface area contributed by atoms with E-state index in [2.05, 4.69) is 0 Å². The minimum atomic E-state index is -4.36. The first-order chi connectivity index (χ1) is 12.8. The van der Waals surface area contributed by atoms with E-state index in [1.807, 2.05) is 28.9 Å². The van der Waals surface area contributed by atoms with Gasteiger partial charge in [0.2, 0.25) is 5.91 Å². The van der Waals surface area contributed by atoms with Crippen LogP contribution < -0.4 is 0 Å². The number of para-hydroxylation sites is 1. The van der Waals surface area contributed by atoms with Gasteiger partial charge in [0.1, 0.15) is 5.69 Å². The Kier molecular flexibility index (Phi) is 4.17. The molecular formula is C20H18F3N3O. The molecule has 2 heterocycles. The lowest BCUT2D eigenvalue weighted by atomic mass is 10.1. The van der Waals surface area contributed by atoms with E-state index in [-0.39, 0.29) is 11.9 Å².